The molecule has 0 N–H and O–H groups in total. The molecule has 1 nitrogen and oxygen atoms in total. The van der Waals surface area contributed by atoms with Crippen molar-refractivity contribution in [2.75, 3.05) is 11.9 Å². The Hall–Kier alpha value is -1.73. The van der Waals surface area contributed by atoms with E-state index in [4.69, 9.17) is 11.6 Å². The number of allylic oxidation sites excluding steroid dienone is 1. The van der Waals surface area contributed by atoms with E-state index in [-0.39, 0.29) is 0 Å². The molecule has 18 heavy (non-hydrogen) atoms. The molecule has 6 bridgehead atoms. The number of nitrogens with zero attached hydrogens (tertiary/aromatic N) is 1. The molecule has 88 valence electrons. The minimum absolute atomic E-state index is 0.299. The molecular weight excluding hydrogens is 242 g/mol. The largest absolute Gasteiger partial charge is 0.344 e. The summed E-state index contributed by atoms with van der Waals surface area (Å²) in [4.78, 5) is 2.22. The van der Waals surface area contributed by atoms with Gasteiger partial charge in [-0.3, -0.25) is 0 Å². The molecule has 0 fully saturated rings. The summed E-state index contributed by atoms with van der Waals surface area (Å²) in [5.41, 5.74) is 6.25. The highest BCUT2D eigenvalue weighted by molar-refractivity contribution is 6.32. The van der Waals surface area contributed by atoms with Crippen molar-refractivity contribution < 1.29 is 0 Å². The molecule has 2 aromatic rings. The minimum Gasteiger partial charge on any atom is -0.344 e. The highest BCUT2D eigenvalue weighted by Gasteiger charge is 2.27. The van der Waals surface area contributed by atoms with Crippen molar-refractivity contribution in [2.45, 2.75) is 5.92 Å². The summed E-state index contributed by atoms with van der Waals surface area (Å²) < 4.78 is 0. The summed E-state index contributed by atoms with van der Waals surface area (Å²) in [6.45, 7) is 0. The Morgan fingerprint density at radius 2 is 1.83 bits per heavy atom. The molecule has 2 aromatic carbocycles. The van der Waals surface area contributed by atoms with Crippen LogP contribution in [0.25, 0.3) is 6.08 Å². The van der Waals surface area contributed by atoms with Crippen molar-refractivity contribution in [3.8, 4) is 0 Å². The Morgan fingerprint density at radius 1 is 1.06 bits per heavy atom. The first-order chi connectivity index (χ1) is 8.75. The predicted octanol–water partition coefficient (Wildman–Crippen LogP) is 4.58. The van der Waals surface area contributed by atoms with Gasteiger partial charge in [-0.2, -0.15) is 0 Å². The van der Waals surface area contributed by atoms with Crippen LogP contribution in [0.2, 0.25) is 5.02 Å². The van der Waals surface area contributed by atoms with Gasteiger partial charge in [0.25, 0.3) is 0 Å². The third-order valence-corrected chi connectivity index (χ3v) is 4.31. The first-order valence-corrected chi connectivity index (χ1v) is 6.48. The van der Waals surface area contributed by atoms with Gasteiger partial charge in [0.15, 0.2) is 0 Å². The smallest absolute Gasteiger partial charge is 0.0485 e. The van der Waals surface area contributed by atoms with Gasteiger partial charge in [-0.15, -0.1) is 0 Å². The third-order valence-electron chi connectivity index (χ3n) is 3.98. The Bertz CT molecular complexity index is 670. The fourth-order valence-corrected chi connectivity index (χ4v) is 3.28. The maximum atomic E-state index is 6.41. The van der Waals surface area contributed by atoms with Gasteiger partial charge in [-0.1, -0.05) is 35.9 Å². The molecule has 1 aliphatic carbocycles. The molecule has 2 heterocycles. The zero-order chi connectivity index (χ0) is 12.3. The van der Waals surface area contributed by atoms with Gasteiger partial charge < -0.3 is 4.90 Å². The first-order valence-electron chi connectivity index (χ1n) is 6.10. The van der Waals surface area contributed by atoms with Crippen molar-refractivity contribution in [3.63, 3.8) is 0 Å². The molecule has 0 radical (unpaired) electrons. The summed E-state index contributed by atoms with van der Waals surface area (Å²) in [5.74, 6) is 0.299. The van der Waals surface area contributed by atoms with Crippen molar-refractivity contribution in [1.82, 2.24) is 0 Å². The lowest BCUT2D eigenvalue weighted by atomic mass is 9.93. The Balaban J connectivity index is 2.15. The fraction of sp³-hybridized carbons (Fsp3) is 0.125. The molecule has 3 aliphatic rings. The van der Waals surface area contributed by atoms with Crippen LogP contribution < -0.4 is 4.90 Å². The van der Waals surface area contributed by atoms with Crippen molar-refractivity contribution in [1.29, 1.82) is 0 Å². The van der Waals surface area contributed by atoms with Crippen LogP contribution in [0.1, 0.15) is 22.6 Å². The lowest BCUT2D eigenvalue weighted by molar-refractivity contribution is 1.05. The summed E-state index contributed by atoms with van der Waals surface area (Å²) in [5, 5.41) is 0.863. The molecule has 1 unspecified atom stereocenters. The molecule has 0 saturated carbocycles. The maximum absolute atomic E-state index is 6.41. The zero-order valence-electron chi connectivity index (χ0n) is 10.0. The second-order valence-corrected chi connectivity index (χ2v) is 5.29. The number of anilines is 2. The van der Waals surface area contributed by atoms with Gasteiger partial charge in [0.1, 0.15) is 0 Å². The van der Waals surface area contributed by atoms with E-state index in [9.17, 15) is 0 Å². The first kappa shape index (κ1) is 10.2. The molecule has 2 aliphatic heterocycles. The normalized spacial score (nSPS) is 18.8. The van der Waals surface area contributed by atoms with Crippen molar-refractivity contribution >= 4 is 29.1 Å². The predicted molar refractivity (Wildman–Crippen MR) is 76.8 cm³/mol. The molecular formula is C16H12ClN. The van der Waals surface area contributed by atoms with Gasteiger partial charge in [-0.05, 0) is 35.4 Å². The summed E-state index contributed by atoms with van der Waals surface area (Å²) in [6, 6.07) is 12.9. The molecule has 0 saturated heterocycles. The van der Waals surface area contributed by atoms with Crippen LogP contribution in [0.3, 0.4) is 0 Å². The van der Waals surface area contributed by atoms with E-state index < -0.39 is 0 Å². The van der Waals surface area contributed by atoms with Crippen LogP contribution in [0.15, 0.2) is 42.5 Å². The van der Waals surface area contributed by atoms with Crippen LogP contribution in [0, 0.1) is 0 Å². The highest BCUT2D eigenvalue weighted by atomic mass is 35.5. The topological polar surface area (TPSA) is 3.24 Å². The van der Waals surface area contributed by atoms with Gasteiger partial charge in [0.2, 0.25) is 0 Å². The van der Waals surface area contributed by atoms with Gasteiger partial charge in [0, 0.05) is 34.9 Å². The number of benzene rings is 2. The van der Waals surface area contributed by atoms with Crippen molar-refractivity contribution in [2.24, 2.45) is 0 Å². The van der Waals surface area contributed by atoms with Crippen molar-refractivity contribution in [3.05, 3.63) is 64.2 Å². The monoisotopic (exact) mass is 253 g/mol. The molecule has 0 amide bonds. The standard InChI is InChI=1S/C16H12ClN/c1-18-11-4-2-10(3-5-11)12-6-7-13-15(18)9-8-14(17)16(12)13/h2-9,12H,1H3. The van der Waals surface area contributed by atoms with Crippen LogP contribution in [-0.2, 0) is 0 Å². The van der Waals surface area contributed by atoms with Gasteiger partial charge in [0.05, 0.1) is 0 Å². The fourth-order valence-electron chi connectivity index (χ4n) is 2.99. The summed E-state index contributed by atoms with van der Waals surface area (Å²) in [7, 11) is 2.10. The van der Waals surface area contributed by atoms with E-state index >= 15 is 0 Å². The second kappa shape index (κ2) is 3.39. The highest BCUT2D eigenvalue weighted by Crippen LogP contribution is 2.46. The summed E-state index contributed by atoms with van der Waals surface area (Å²) >= 11 is 6.41. The summed E-state index contributed by atoms with van der Waals surface area (Å²) in [6.07, 6.45) is 4.45. The molecule has 1 atom stereocenters. The van der Waals surface area contributed by atoms with E-state index in [0.29, 0.717) is 5.92 Å². The van der Waals surface area contributed by atoms with Crippen LogP contribution in [0.5, 0.6) is 0 Å². The quantitative estimate of drug-likeness (QED) is 0.664. The van der Waals surface area contributed by atoms with Crippen LogP contribution in [0.4, 0.5) is 11.4 Å². The lowest BCUT2D eigenvalue weighted by Crippen LogP contribution is -2.10. The zero-order valence-corrected chi connectivity index (χ0v) is 10.8. The SMILES string of the molecule is CN1c2ccc(cc2)C2C=Cc3c1ccc(Cl)c32. The number of hydrogen-bond acceptors (Lipinski definition) is 1. The van der Waals surface area contributed by atoms with E-state index in [2.05, 4.69) is 54.4 Å². The van der Waals surface area contributed by atoms with Gasteiger partial charge in [-0.25, -0.2) is 0 Å². The molecule has 0 spiro atoms. The second-order valence-electron chi connectivity index (χ2n) is 4.88. The molecule has 2 heteroatoms. The maximum Gasteiger partial charge on any atom is 0.0485 e. The molecule has 5 rings (SSSR count). The molecule has 0 aromatic heterocycles. The number of halogens is 1. The minimum atomic E-state index is 0.299. The lowest BCUT2D eigenvalue weighted by Gasteiger charge is -2.21. The number of rotatable bonds is 0. The van der Waals surface area contributed by atoms with Gasteiger partial charge >= 0.3 is 0 Å². The van der Waals surface area contributed by atoms with Crippen LogP contribution >= 0.6 is 11.6 Å². The Morgan fingerprint density at radius 3 is 2.61 bits per heavy atom. The van der Waals surface area contributed by atoms with E-state index in [1.54, 1.807) is 0 Å². The van der Waals surface area contributed by atoms with E-state index in [1.165, 1.54) is 28.1 Å². The number of hydrogen-bond donors (Lipinski definition) is 0. The Kier molecular flexibility index (Phi) is 1.93. The Labute approximate surface area is 111 Å². The third kappa shape index (κ3) is 1.17. The van der Waals surface area contributed by atoms with Crippen LogP contribution in [-0.4, -0.2) is 7.05 Å². The number of fused-ring (bicyclic) bond motifs is 2. The van der Waals surface area contributed by atoms with E-state index in [1.807, 2.05) is 6.07 Å². The average molecular weight is 254 g/mol. The van der Waals surface area contributed by atoms with E-state index in [0.717, 1.165) is 5.02 Å². The average Bonchev–Trinajstić information content (AvgIpc) is 2.85.